The van der Waals surface area contributed by atoms with Crippen LogP contribution in [0.4, 0.5) is 0 Å². The number of aliphatic hydroxyl groups excluding tert-OH is 1. The zero-order valence-electron chi connectivity index (χ0n) is 17.8. The van der Waals surface area contributed by atoms with Crippen LogP contribution in [-0.4, -0.2) is 35.3 Å². The van der Waals surface area contributed by atoms with Crippen LogP contribution in [0.25, 0.3) is 0 Å². The lowest BCUT2D eigenvalue weighted by atomic mass is 9.77. The van der Waals surface area contributed by atoms with Gasteiger partial charge >= 0.3 is 0 Å². The standard InChI is InChI=1S/C22H37NO3/c1-9-15(2)16-13-18(25-7)19(26-8)14-17(16)20(24)23-21(3,4)11-10-12-22(23,5)6/h13-16,24H,9-12H2,1-8H3/b20-17-. The summed E-state index contributed by atoms with van der Waals surface area (Å²) in [5, 5.41) is 11.5. The maximum atomic E-state index is 11.5. The average molecular weight is 364 g/mol. The smallest absolute Gasteiger partial charge is 0.191 e. The SMILES string of the molecule is CCC(C)C1C=C(OC)C(OC)=C/C1=C(/O)N1C(C)(C)CCCC1(C)C. The van der Waals surface area contributed by atoms with E-state index in [9.17, 15) is 5.11 Å². The number of aliphatic hydroxyl groups is 1. The monoisotopic (exact) mass is 363 g/mol. The molecule has 4 heteroatoms. The molecule has 2 rings (SSSR count). The zero-order valence-corrected chi connectivity index (χ0v) is 17.8. The van der Waals surface area contributed by atoms with Crippen LogP contribution in [0.5, 0.6) is 0 Å². The Balaban J connectivity index is 2.62. The van der Waals surface area contributed by atoms with Gasteiger partial charge in [-0.15, -0.1) is 0 Å². The Hall–Kier alpha value is -1.58. The van der Waals surface area contributed by atoms with E-state index >= 15 is 0 Å². The Morgan fingerprint density at radius 2 is 1.69 bits per heavy atom. The average Bonchev–Trinajstić information content (AvgIpc) is 2.57. The van der Waals surface area contributed by atoms with Gasteiger partial charge in [0.05, 0.1) is 14.2 Å². The van der Waals surface area contributed by atoms with Crippen molar-refractivity contribution in [2.75, 3.05) is 14.2 Å². The summed E-state index contributed by atoms with van der Waals surface area (Å²) in [6, 6.07) is 0. The Morgan fingerprint density at radius 3 is 2.15 bits per heavy atom. The lowest BCUT2D eigenvalue weighted by Gasteiger charge is -2.54. The van der Waals surface area contributed by atoms with E-state index in [1.54, 1.807) is 14.2 Å². The number of likely N-dealkylation sites (tertiary alicyclic amines) is 1. The van der Waals surface area contributed by atoms with Gasteiger partial charge in [0.15, 0.2) is 17.4 Å². The highest BCUT2D eigenvalue weighted by atomic mass is 16.5. The fraction of sp³-hybridized carbons (Fsp3) is 0.727. The van der Waals surface area contributed by atoms with Crippen LogP contribution in [-0.2, 0) is 9.47 Å². The van der Waals surface area contributed by atoms with Crippen molar-refractivity contribution < 1.29 is 14.6 Å². The summed E-state index contributed by atoms with van der Waals surface area (Å²) in [4.78, 5) is 2.23. The molecule has 1 aliphatic heterocycles. The van der Waals surface area contributed by atoms with Crippen molar-refractivity contribution in [1.82, 2.24) is 4.90 Å². The zero-order chi connectivity index (χ0) is 19.7. The van der Waals surface area contributed by atoms with E-state index in [4.69, 9.17) is 9.47 Å². The molecular weight excluding hydrogens is 326 g/mol. The third kappa shape index (κ3) is 3.74. The minimum atomic E-state index is -0.0921. The third-order valence-corrected chi connectivity index (χ3v) is 6.17. The van der Waals surface area contributed by atoms with Crippen LogP contribution in [0.2, 0.25) is 0 Å². The van der Waals surface area contributed by atoms with Crippen molar-refractivity contribution >= 4 is 0 Å². The third-order valence-electron chi connectivity index (χ3n) is 6.17. The van der Waals surface area contributed by atoms with E-state index < -0.39 is 0 Å². The molecule has 1 aliphatic carbocycles. The van der Waals surface area contributed by atoms with Gasteiger partial charge in [-0.05, 0) is 65.0 Å². The van der Waals surface area contributed by atoms with Crippen molar-refractivity contribution in [1.29, 1.82) is 0 Å². The maximum Gasteiger partial charge on any atom is 0.191 e. The summed E-state index contributed by atoms with van der Waals surface area (Å²) in [6.45, 7) is 13.3. The molecule has 0 spiro atoms. The molecule has 0 aromatic heterocycles. The van der Waals surface area contributed by atoms with Gasteiger partial charge in [-0.2, -0.15) is 0 Å². The molecule has 2 aliphatic rings. The van der Waals surface area contributed by atoms with Gasteiger partial charge in [0, 0.05) is 22.6 Å². The highest BCUT2D eigenvalue weighted by molar-refractivity contribution is 5.42. The van der Waals surface area contributed by atoms with Crippen molar-refractivity contribution in [3.8, 4) is 0 Å². The Bertz CT molecular complexity index is 597. The fourth-order valence-electron chi connectivity index (χ4n) is 4.61. The van der Waals surface area contributed by atoms with Gasteiger partial charge in [0.1, 0.15) is 0 Å². The molecule has 2 unspecified atom stereocenters. The summed E-state index contributed by atoms with van der Waals surface area (Å²) in [5.74, 6) is 2.28. The number of hydrogen-bond donors (Lipinski definition) is 1. The number of allylic oxidation sites excluding steroid dienone is 3. The molecule has 0 aromatic carbocycles. The molecule has 26 heavy (non-hydrogen) atoms. The number of rotatable bonds is 5. The highest BCUT2D eigenvalue weighted by Crippen LogP contribution is 2.44. The van der Waals surface area contributed by atoms with Gasteiger partial charge in [0.2, 0.25) is 0 Å². The van der Waals surface area contributed by atoms with E-state index in [1.807, 2.05) is 6.08 Å². The molecular formula is C22H37NO3. The second-order valence-corrected chi connectivity index (χ2v) is 8.95. The number of hydrogen-bond acceptors (Lipinski definition) is 4. The van der Waals surface area contributed by atoms with Crippen molar-refractivity contribution in [3.05, 3.63) is 35.1 Å². The molecule has 1 saturated heterocycles. The van der Waals surface area contributed by atoms with E-state index in [2.05, 4.69) is 52.5 Å². The highest BCUT2D eigenvalue weighted by Gasteiger charge is 2.44. The van der Waals surface area contributed by atoms with Crippen LogP contribution in [0, 0.1) is 11.8 Å². The molecule has 0 aromatic rings. The molecule has 2 atom stereocenters. The first-order valence-corrected chi connectivity index (χ1v) is 9.84. The van der Waals surface area contributed by atoms with Crippen LogP contribution in [0.1, 0.15) is 67.2 Å². The summed E-state index contributed by atoms with van der Waals surface area (Å²) >= 11 is 0. The molecule has 0 amide bonds. The maximum absolute atomic E-state index is 11.5. The van der Waals surface area contributed by atoms with E-state index in [1.165, 1.54) is 6.42 Å². The summed E-state index contributed by atoms with van der Waals surface area (Å²) < 4.78 is 11.1. The van der Waals surface area contributed by atoms with Gasteiger partial charge in [-0.1, -0.05) is 20.3 Å². The molecule has 0 radical (unpaired) electrons. The van der Waals surface area contributed by atoms with E-state index in [0.717, 1.165) is 30.6 Å². The fourth-order valence-corrected chi connectivity index (χ4v) is 4.61. The Kier molecular flexibility index (Phi) is 6.04. The molecule has 148 valence electrons. The lowest BCUT2D eigenvalue weighted by Crippen LogP contribution is -2.58. The van der Waals surface area contributed by atoms with Crippen LogP contribution in [0.15, 0.2) is 35.1 Å². The summed E-state index contributed by atoms with van der Waals surface area (Å²) in [7, 11) is 3.31. The molecule has 1 heterocycles. The van der Waals surface area contributed by atoms with Gasteiger partial charge in [-0.3, -0.25) is 0 Å². The van der Waals surface area contributed by atoms with E-state index in [-0.39, 0.29) is 17.0 Å². The molecule has 4 nitrogen and oxygen atoms in total. The normalized spacial score (nSPS) is 28.0. The van der Waals surface area contributed by atoms with Crippen LogP contribution >= 0.6 is 0 Å². The second-order valence-electron chi connectivity index (χ2n) is 8.95. The van der Waals surface area contributed by atoms with E-state index in [0.29, 0.717) is 17.6 Å². The molecule has 1 fully saturated rings. The second kappa shape index (κ2) is 7.58. The minimum absolute atomic E-state index is 0.0921. The van der Waals surface area contributed by atoms with Gasteiger partial charge in [-0.25, -0.2) is 0 Å². The number of methoxy groups -OCH3 is 2. The molecule has 1 N–H and O–H groups in total. The molecule has 0 saturated carbocycles. The van der Waals surface area contributed by atoms with Gasteiger partial charge < -0.3 is 19.5 Å². The molecule has 0 bridgehead atoms. The first-order chi connectivity index (χ1) is 12.1. The minimum Gasteiger partial charge on any atom is -0.494 e. The number of piperidine rings is 1. The van der Waals surface area contributed by atoms with Gasteiger partial charge in [0.25, 0.3) is 0 Å². The van der Waals surface area contributed by atoms with Crippen molar-refractivity contribution in [3.63, 3.8) is 0 Å². The lowest BCUT2D eigenvalue weighted by molar-refractivity contribution is -0.0346. The number of ether oxygens (including phenoxy) is 2. The van der Waals surface area contributed by atoms with Crippen LogP contribution < -0.4 is 0 Å². The van der Waals surface area contributed by atoms with Crippen molar-refractivity contribution in [2.45, 2.75) is 78.3 Å². The Morgan fingerprint density at radius 1 is 1.15 bits per heavy atom. The quantitative estimate of drug-likeness (QED) is 0.652. The van der Waals surface area contributed by atoms with Crippen molar-refractivity contribution in [2.24, 2.45) is 11.8 Å². The van der Waals surface area contributed by atoms with Crippen LogP contribution in [0.3, 0.4) is 0 Å². The first kappa shape index (κ1) is 20.7. The largest absolute Gasteiger partial charge is 0.494 e. The summed E-state index contributed by atoms with van der Waals surface area (Å²) in [6.07, 6.45) is 8.41. The Labute approximate surface area is 159 Å². The summed E-state index contributed by atoms with van der Waals surface area (Å²) in [5.41, 5.74) is 0.746. The number of nitrogens with zero attached hydrogens (tertiary/aromatic N) is 1. The first-order valence-electron chi connectivity index (χ1n) is 9.84. The predicted octanol–water partition coefficient (Wildman–Crippen LogP) is 5.54. The predicted molar refractivity (Wildman–Crippen MR) is 107 cm³/mol. The topological polar surface area (TPSA) is 41.9 Å².